The largest absolute Gasteiger partial charge is 0.366 e. The number of hydrogen-bond donors (Lipinski definition) is 0. The van der Waals surface area contributed by atoms with E-state index in [0.717, 1.165) is 23.8 Å². The second-order valence-corrected chi connectivity index (χ2v) is 7.37. The average molecular weight is 375 g/mol. The number of ether oxygens (including phenoxy) is 1. The predicted molar refractivity (Wildman–Crippen MR) is 90.2 cm³/mol. The number of hydrogen-bond acceptors (Lipinski definition) is 5. The van der Waals surface area contributed by atoms with E-state index in [1.807, 2.05) is 17.1 Å². The number of nitrogens with zero attached hydrogens (tertiary/aromatic N) is 5. The van der Waals surface area contributed by atoms with Crippen LogP contribution in [0.4, 0.5) is 8.78 Å². The highest BCUT2D eigenvalue weighted by molar-refractivity contribution is 5.80. The third kappa shape index (κ3) is 2.80. The molecule has 27 heavy (non-hydrogen) atoms. The highest BCUT2D eigenvalue weighted by atomic mass is 19.3. The summed E-state index contributed by atoms with van der Waals surface area (Å²) < 4.78 is 33.6. The molecule has 0 radical (unpaired) electrons. The summed E-state index contributed by atoms with van der Waals surface area (Å²) >= 11 is 0. The van der Waals surface area contributed by atoms with Gasteiger partial charge in [0, 0.05) is 19.0 Å². The first-order valence-electron chi connectivity index (χ1n) is 9.21. The van der Waals surface area contributed by atoms with Crippen molar-refractivity contribution >= 4 is 11.7 Å². The first kappa shape index (κ1) is 16.7. The van der Waals surface area contributed by atoms with Crippen LogP contribution in [0.2, 0.25) is 0 Å². The summed E-state index contributed by atoms with van der Waals surface area (Å²) in [7, 11) is 0. The Kier molecular flexibility index (Phi) is 3.92. The molecule has 2 bridgehead atoms. The Morgan fingerprint density at radius 2 is 2.22 bits per heavy atom. The molecule has 3 aliphatic rings. The Morgan fingerprint density at radius 3 is 2.96 bits per heavy atom. The number of amides is 1. The van der Waals surface area contributed by atoms with Gasteiger partial charge in [0.1, 0.15) is 12.0 Å². The summed E-state index contributed by atoms with van der Waals surface area (Å²) in [4.78, 5) is 23.2. The zero-order chi connectivity index (χ0) is 18.5. The van der Waals surface area contributed by atoms with E-state index in [1.165, 1.54) is 12.4 Å². The van der Waals surface area contributed by atoms with Gasteiger partial charge < -0.3 is 9.64 Å². The molecule has 0 spiro atoms. The van der Waals surface area contributed by atoms with Crippen LogP contribution in [-0.4, -0.2) is 55.7 Å². The van der Waals surface area contributed by atoms with E-state index in [4.69, 9.17) is 4.74 Å². The van der Waals surface area contributed by atoms with Crippen LogP contribution in [0, 0.1) is 5.92 Å². The van der Waals surface area contributed by atoms with Crippen LogP contribution in [-0.2, 0) is 9.53 Å². The number of carbonyl (C=O) groups excluding carboxylic acids is 1. The molecule has 1 amide bonds. The third-order valence-corrected chi connectivity index (χ3v) is 5.72. The topological polar surface area (TPSA) is 72.6 Å². The molecule has 0 aliphatic carbocycles. The molecule has 9 heteroatoms. The highest BCUT2D eigenvalue weighted by Gasteiger charge is 2.43. The summed E-state index contributed by atoms with van der Waals surface area (Å²) in [5.74, 6) is 0.0336. The Labute approximate surface area is 154 Å². The fourth-order valence-corrected chi connectivity index (χ4v) is 4.39. The minimum atomic E-state index is -2.67. The van der Waals surface area contributed by atoms with E-state index in [2.05, 4.69) is 15.1 Å². The molecule has 5 rings (SSSR count). The van der Waals surface area contributed by atoms with Crippen LogP contribution >= 0.6 is 0 Å². The maximum absolute atomic E-state index is 13.4. The standard InChI is InChI=1S/C18H19F2N5O2/c19-16(20)14-7-13(23-18-21-9-22-25(14)18)10-2-1-5-24(8-10)17(26)12-6-11-3-4-15(12)27-11/h3-4,7,9-12,15-16H,1-2,5-6,8H2. The van der Waals surface area contributed by atoms with Crippen molar-refractivity contribution in [1.82, 2.24) is 24.5 Å². The van der Waals surface area contributed by atoms with Crippen LogP contribution in [0.15, 0.2) is 24.5 Å². The van der Waals surface area contributed by atoms with Crippen molar-refractivity contribution in [3.63, 3.8) is 0 Å². The Hall–Kier alpha value is -2.42. The normalized spacial score (nSPS) is 30.0. The van der Waals surface area contributed by atoms with Gasteiger partial charge in [-0.3, -0.25) is 4.79 Å². The predicted octanol–water partition coefficient (Wildman–Crippen LogP) is 2.11. The van der Waals surface area contributed by atoms with Crippen molar-refractivity contribution in [3.05, 3.63) is 35.9 Å². The fourth-order valence-electron chi connectivity index (χ4n) is 4.39. The molecule has 2 aromatic heterocycles. The second-order valence-electron chi connectivity index (χ2n) is 7.37. The van der Waals surface area contributed by atoms with Gasteiger partial charge in [-0.05, 0) is 25.3 Å². The number of rotatable bonds is 3. The molecular formula is C18H19F2N5O2. The first-order chi connectivity index (χ1) is 13.1. The van der Waals surface area contributed by atoms with Crippen molar-refractivity contribution in [2.75, 3.05) is 13.1 Å². The monoisotopic (exact) mass is 375 g/mol. The van der Waals surface area contributed by atoms with Crippen LogP contribution in [0.25, 0.3) is 5.78 Å². The SMILES string of the molecule is O=C(C1CC2C=CC1O2)N1CCCC(c2cc(C(F)F)n3ncnc3n2)C1. The highest BCUT2D eigenvalue weighted by Crippen LogP contribution is 2.36. The summed E-state index contributed by atoms with van der Waals surface area (Å²) in [5.41, 5.74) is 0.329. The van der Waals surface area contributed by atoms with E-state index in [9.17, 15) is 13.6 Å². The summed E-state index contributed by atoms with van der Waals surface area (Å²) in [6.07, 6.45) is 4.79. The zero-order valence-electron chi connectivity index (χ0n) is 14.5. The van der Waals surface area contributed by atoms with Crippen LogP contribution < -0.4 is 0 Å². The lowest BCUT2D eigenvalue weighted by atomic mass is 9.89. The van der Waals surface area contributed by atoms with Gasteiger partial charge in [0.05, 0.1) is 23.8 Å². The number of piperidine rings is 1. The van der Waals surface area contributed by atoms with Gasteiger partial charge in [-0.1, -0.05) is 12.2 Å². The van der Waals surface area contributed by atoms with Crippen LogP contribution in [0.5, 0.6) is 0 Å². The Balaban J connectivity index is 1.39. The average Bonchev–Trinajstić information content (AvgIpc) is 3.42. The minimum Gasteiger partial charge on any atom is -0.366 e. The van der Waals surface area contributed by atoms with E-state index in [-0.39, 0.29) is 41.4 Å². The second kappa shape index (κ2) is 6.33. The molecule has 5 heterocycles. The zero-order valence-corrected chi connectivity index (χ0v) is 14.5. The minimum absolute atomic E-state index is 0.0511. The third-order valence-electron chi connectivity index (χ3n) is 5.72. The molecule has 7 nitrogen and oxygen atoms in total. The van der Waals surface area contributed by atoms with Crippen molar-refractivity contribution < 1.29 is 18.3 Å². The molecule has 4 atom stereocenters. The van der Waals surface area contributed by atoms with Gasteiger partial charge in [0.25, 0.3) is 12.2 Å². The van der Waals surface area contributed by atoms with Gasteiger partial charge in [-0.2, -0.15) is 14.6 Å². The van der Waals surface area contributed by atoms with Crippen molar-refractivity contribution in [2.24, 2.45) is 5.92 Å². The van der Waals surface area contributed by atoms with E-state index < -0.39 is 6.43 Å². The van der Waals surface area contributed by atoms with Crippen molar-refractivity contribution in [1.29, 1.82) is 0 Å². The van der Waals surface area contributed by atoms with Crippen molar-refractivity contribution in [3.8, 4) is 0 Å². The Bertz CT molecular complexity index is 914. The molecule has 2 saturated heterocycles. The number of aromatic nitrogens is 4. The van der Waals surface area contributed by atoms with Crippen LogP contribution in [0.3, 0.4) is 0 Å². The molecule has 4 unspecified atom stereocenters. The smallest absolute Gasteiger partial charge is 0.280 e. The van der Waals surface area contributed by atoms with Gasteiger partial charge >= 0.3 is 0 Å². The molecule has 3 aliphatic heterocycles. The molecule has 0 N–H and O–H groups in total. The summed E-state index contributed by atoms with van der Waals surface area (Å²) in [6, 6.07) is 1.40. The van der Waals surface area contributed by atoms with E-state index in [0.29, 0.717) is 18.8 Å². The maximum atomic E-state index is 13.4. The number of carbonyl (C=O) groups is 1. The lowest BCUT2D eigenvalue weighted by molar-refractivity contribution is -0.137. The van der Waals surface area contributed by atoms with Gasteiger partial charge in [-0.15, -0.1) is 0 Å². The number of alkyl halides is 2. The van der Waals surface area contributed by atoms with E-state index >= 15 is 0 Å². The summed E-state index contributed by atoms with van der Waals surface area (Å²) in [5, 5.41) is 3.82. The Morgan fingerprint density at radius 1 is 1.33 bits per heavy atom. The molecule has 0 saturated carbocycles. The molecular weight excluding hydrogens is 356 g/mol. The maximum Gasteiger partial charge on any atom is 0.280 e. The van der Waals surface area contributed by atoms with Gasteiger partial charge in [0.15, 0.2) is 0 Å². The number of halogens is 2. The van der Waals surface area contributed by atoms with E-state index in [1.54, 1.807) is 0 Å². The van der Waals surface area contributed by atoms with Gasteiger partial charge in [-0.25, -0.2) is 13.8 Å². The molecule has 2 fully saturated rings. The molecule has 2 aromatic rings. The lowest BCUT2D eigenvalue weighted by Gasteiger charge is -2.35. The quantitative estimate of drug-likeness (QED) is 0.769. The molecule has 142 valence electrons. The summed E-state index contributed by atoms with van der Waals surface area (Å²) in [6.45, 7) is 1.16. The first-order valence-corrected chi connectivity index (χ1v) is 9.21. The molecule has 0 aromatic carbocycles. The fraction of sp³-hybridized carbons (Fsp3) is 0.556. The van der Waals surface area contributed by atoms with Crippen LogP contribution in [0.1, 0.15) is 43.0 Å². The number of fused-ring (bicyclic) bond motifs is 3. The lowest BCUT2D eigenvalue weighted by Crippen LogP contribution is -2.44. The van der Waals surface area contributed by atoms with Crippen molar-refractivity contribution in [2.45, 2.75) is 43.8 Å². The van der Waals surface area contributed by atoms with Gasteiger partial charge in [0.2, 0.25) is 5.91 Å². The number of likely N-dealkylation sites (tertiary alicyclic amines) is 1.